The van der Waals surface area contributed by atoms with Gasteiger partial charge in [0.1, 0.15) is 10.9 Å². The second-order valence-electron chi connectivity index (χ2n) is 7.39. The second-order valence-corrected chi connectivity index (χ2v) is 8.46. The smallest absolute Gasteiger partial charge is 0.293 e. The van der Waals surface area contributed by atoms with Gasteiger partial charge in [0.2, 0.25) is 5.91 Å². The molecule has 3 aromatic rings. The van der Waals surface area contributed by atoms with Crippen molar-refractivity contribution in [1.29, 1.82) is 0 Å². The van der Waals surface area contributed by atoms with Crippen LogP contribution in [0.4, 0.5) is 11.4 Å². The number of carbonyl (C=O) groups is 1. The fourth-order valence-corrected chi connectivity index (χ4v) is 4.48. The van der Waals surface area contributed by atoms with Gasteiger partial charge >= 0.3 is 0 Å². The predicted molar refractivity (Wildman–Crippen MR) is 125 cm³/mol. The summed E-state index contributed by atoms with van der Waals surface area (Å²) < 4.78 is 7.25. The number of aromatic nitrogens is 2. The van der Waals surface area contributed by atoms with E-state index in [-0.39, 0.29) is 17.3 Å². The number of hydrogen-bond acceptors (Lipinski definition) is 6. The van der Waals surface area contributed by atoms with Crippen molar-refractivity contribution in [3.05, 3.63) is 81.2 Å². The molecule has 3 rings (SSSR count). The van der Waals surface area contributed by atoms with Gasteiger partial charge in [0, 0.05) is 25.4 Å². The molecule has 0 radical (unpaired) electrons. The Bertz CT molecular complexity index is 1110. The topological polar surface area (TPSA) is 99.3 Å². The van der Waals surface area contributed by atoms with Crippen molar-refractivity contribution in [2.75, 3.05) is 19.0 Å². The molecule has 9 heteroatoms. The predicted octanol–water partition coefficient (Wildman–Crippen LogP) is 4.84. The molecule has 168 valence electrons. The quantitative estimate of drug-likeness (QED) is 0.282. The molecule has 0 aliphatic rings. The molecule has 1 unspecified atom stereocenters. The number of aryl methyl sites for hydroxylation is 2. The number of imidazole rings is 1. The Labute approximate surface area is 191 Å². The number of nitro benzene ring substituents is 1. The van der Waals surface area contributed by atoms with Crippen LogP contribution in [-0.4, -0.2) is 34.1 Å². The maximum atomic E-state index is 13.4. The Morgan fingerprint density at radius 3 is 2.59 bits per heavy atom. The van der Waals surface area contributed by atoms with Crippen LogP contribution in [0.1, 0.15) is 27.8 Å². The monoisotopic (exact) mass is 454 g/mol. The molecule has 0 aliphatic carbocycles. The van der Waals surface area contributed by atoms with Gasteiger partial charge in [-0.1, -0.05) is 48.2 Å². The number of nitrogens with one attached hydrogen (secondary N) is 1. The number of anilines is 1. The average Bonchev–Trinajstić information content (AvgIpc) is 3.04. The Balaban J connectivity index is 1.96. The van der Waals surface area contributed by atoms with Crippen LogP contribution >= 0.6 is 11.8 Å². The molecule has 0 bridgehead atoms. The number of amides is 1. The van der Waals surface area contributed by atoms with Gasteiger partial charge in [-0.05, 0) is 38.0 Å². The first kappa shape index (κ1) is 23.5. The third-order valence-corrected chi connectivity index (χ3v) is 6.36. The minimum atomic E-state index is -0.653. The van der Waals surface area contributed by atoms with E-state index in [1.165, 1.54) is 17.8 Å². The number of nitrogens with zero attached hydrogens (tertiary/aromatic N) is 3. The Morgan fingerprint density at radius 2 is 1.94 bits per heavy atom. The molecule has 0 fully saturated rings. The first-order chi connectivity index (χ1) is 15.3. The fourth-order valence-electron chi connectivity index (χ4n) is 3.26. The number of carbonyl (C=O) groups excluding carboxylic acids is 1. The van der Waals surface area contributed by atoms with E-state index in [1.54, 1.807) is 26.2 Å². The molecule has 0 aliphatic heterocycles. The lowest BCUT2D eigenvalue weighted by Crippen LogP contribution is -2.20. The first-order valence-electron chi connectivity index (χ1n) is 10.1. The van der Waals surface area contributed by atoms with Crippen LogP contribution in [-0.2, 0) is 16.1 Å². The number of ether oxygens (including phenoxy) is 1. The van der Waals surface area contributed by atoms with Gasteiger partial charge in [0.15, 0.2) is 5.16 Å². The molecule has 1 N–H and O–H groups in total. The second kappa shape index (κ2) is 10.4. The van der Waals surface area contributed by atoms with Crippen molar-refractivity contribution in [1.82, 2.24) is 9.55 Å². The summed E-state index contributed by atoms with van der Waals surface area (Å²) >= 11 is 1.31. The highest BCUT2D eigenvalue weighted by atomic mass is 32.2. The normalized spacial score (nSPS) is 11.9. The van der Waals surface area contributed by atoms with Gasteiger partial charge in [-0.2, -0.15) is 0 Å². The molecule has 32 heavy (non-hydrogen) atoms. The molecule has 2 aromatic carbocycles. The summed E-state index contributed by atoms with van der Waals surface area (Å²) in [6, 6.07) is 14.1. The van der Waals surface area contributed by atoms with Crippen molar-refractivity contribution in [3.63, 3.8) is 0 Å². The van der Waals surface area contributed by atoms with Crippen molar-refractivity contribution in [3.8, 4) is 0 Å². The maximum absolute atomic E-state index is 13.4. The largest absolute Gasteiger partial charge is 0.383 e. The molecular formula is C23H26N4O4S. The zero-order valence-electron chi connectivity index (χ0n) is 18.5. The molecule has 1 atom stereocenters. The molecule has 1 amide bonds. The third kappa shape index (κ3) is 5.35. The standard InChI is InChI=1S/C23H26N4O4S/c1-15-10-11-19(20(14-15)27(29)30)25-22(28)21(18-8-6-5-7-9-18)32-23-24-16(2)17(3)26(23)12-13-31-4/h5-11,14,21H,12-13H2,1-4H3,(H,25,28). The van der Waals surface area contributed by atoms with Gasteiger partial charge in [-0.15, -0.1) is 0 Å². The van der Waals surface area contributed by atoms with Crippen LogP contribution in [0.15, 0.2) is 53.7 Å². The van der Waals surface area contributed by atoms with E-state index in [4.69, 9.17) is 4.74 Å². The van der Waals surface area contributed by atoms with Crippen molar-refractivity contribution in [2.24, 2.45) is 0 Å². The summed E-state index contributed by atoms with van der Waals surface area (Å²) in [6.07, 6.45) is 0. The molecule has 0 saturated carbocycles. The number of thioether (sulfide) groups is 1. The number of benzene rings is 2. The van der Waals surface area contributed by atoms with Crippen LogP contribution in [0.2, 0.25) is 0 Å². The van der Waals surface area contributed by atoms with Gasteiger partial charge < -0.3 is 14.6 Å². The van der Waals surface area contributed by atoms with E-state index in [9.17, 15) is 14.9 Å². The van der Waals surface area contributed by atoms with Crippen LogP contribution in [0.25, 0.3) is 0 Å². The van der Waals surface area contributed by atoms with Gasteiger partial charge in [-0.3, -0.25) is 14.9 Å². The van der Waals surface area contributed by atoms with E-state index in [0.29, 0.717) is 18.3 Å². The lowest BCUT2D eigenvalue weighted by Gasteiger charge is -2.18. The van der Waals surface area contributed by atoms with Gasteiger partial charge in [0.25, 0.3) is 5.69 Å². The van der Waals surface area contributed by atoms with Crippen LogP contribution in [0, 0.1) is 30.9 Å². The molecule has 8 nitrogen and oxygen atoms in total. The zero-order valence-corrected chi connectivity index (χ0v) is 19.3. The summed E-state index contributed by atoms with van der Waals surface area (Å²) in [5, 5.41) is 14.3. The summed E-state index contributed by atoms with van der Waals surface area (Å²) in [5.41, 5.74) is 3.44. The number of rotatable bonds is 9. The maximum Gasteiger partial charge on any atom is 0.293 e. The van der Waals surface area contributed by atoms with Gasteiger partial charge in [0.05, 0.1) is 17.2 Å². The Kier molecular flexibility index (Phi) is 7.66. The number of hydrogen-bond donors (Lipinski definition) is 1. The summed E-state index contributed by atoms with van der Waals surface area (Å²) in [5.74, 6) is -0.357. The first-order valence-corrected chi connectivity index (χ1v) is 11.0. The van der Waals surface area contributed by atoms with E-state index < -0.39 is 10.2 Å². The van der Waals surface area contributed by atoms with Crippen molar-refractivity contribution >= 4 is 29.0 Å². The van der Waals surface area contributed by atoms with E-state index >= 15 is 0 Å². The number of nitro groups is 1. The SMILES string of the molecule is COCCn1c(SC(C(=O)Nc2ccc(C)cc2[N+](=O)[O-])c2ccccc2)nc(C)c1C. The molecular weight excluding hydrogens is 428 g/mol. The highest BCUT2D eigenvalue weighted by molar-refractivity contribution is 8.00. The lowest BCUT2D eigenvalue weighted by atomic mass is 10.1. The van der Waals surface area contributed by atoms with E-state index in [0.717, 1.165) is 22.5 Å². The Morgan fingerprint density at radius 1 is 1.22 bits per heavy atom. The minimum absolute atomic E-state index is 0.136. The summed E-state index contributed by atoms with van der Waals surface area (Å²) in [4.78, 5) is 29.0. The minimum Gasteiger partial charge on any atom is -0.383 e. The average molecular weight is 455 g/mol. The lowest BCUT2D eigenvalue weighted by molar-refractivity contribution is -0.384. The fraction of sp³-hybridized carbons (Fsp3) is 0.304. The van der Waals surface area contributed by atoms with E-state index in [1.807, 2.05) is 48.7 Å². The van der Waals surface area contributed by atoms with Crippen LogP contribution < -0.4 is 5.32 Å². The Hall–Kier alpha value is -3.17. The van der Waals surface area contributed by atoms with Gasteiger partial charge in [-0.25, -0.2) is 4.98 Å². The third-order valence-electron chi connectivity index (χ3n) is 5.11. The molecule has 1 heterocycles. The van der Waals surface area contributed by atoms with Crippen molar-refractivity contribution < 1.29 is 14.5 Å². The van der Waals surface area contributed by atoms with Crippen LogP contribution in [0.5, 0.6) is 0 Å². The molecule has 0 saturated heterocycles. The van der Waals surface area contributed by atoms with Crippen molar-refractivity contribution in [2.45, 2.75) is 37.7 Å². The highest BCUT2D eigenvalue weighted by Gasteiger charge is 2.27. The van der Waals surface area contributed by atoms with E-state index in [2.05, 4.69) is 10.3 Å². The zero-order chi connectivity index (χ0) is 23.3. The summed E-state index contributed by atoms with van der Waals surface area (Å²) in [7, 11) is 1.64. The van der Waals surface area contributed by atoms with Crippen LogP contribution in [0.3, 0.4) is 0 Å². The number of methoxy groups -OCH3 is 1. The highest BCUT2D eigenvalue weighted by Crippen LogP contribution is 2.37. The molecule has 1 aromatic heterocycles. The summed E-state index contributed by atoms with van der Waals surface area (Å²) in [6.45, 7) is 6.80. The molecule has 0 spiro atoms.